The van der Waals surface area contributed by atoms with Gasteiger partial charge in [0.2, 0.25) is 5.70 Å². The van der Waals surface area contributed by atoms with Crippen molar-refractivity contribution in [3.8, 4) is 5.75 Å². The Balaban J connectivity index is 2.56. The molecule has 0 radical (unpaired) electrons. The maximum absolute atomic E-state index is 12.4. The molecule has 0 fully saturated rings. The number of halogens is 4. The lowest BCUT2D eigenvalue weighted by atomic mass is 10.2. The zero-order valence-corrected chi connectivity index (χ0v) is 13.3. The average Bonchev–Trinajstić information content (AvgIpc) is 2.64. The minimum absolute atomic E-state index is 0.0854. The van der Waals surface area contributed by atoms with E-state index in [4.69, 9.17) is 11.6 Å². The topological polar surface area (TPSA) is 80.7 Å². The van der Waals surface area contributed by atoms with Gasteiger partial charge in [-0.15, -0.1) is 0 Å². The minimum atomic E-state index is -5.88. The first kappa shape index (κ1) is 17.6. The Labute approximate surface area is 134 Å². The summed E-state index contributed by atoms with van der Waals surface area (Å²) in [5.41, 5.74) is -5.22. The summed E-state index contributed by atoms with van der Waals surface area (Å²) in [4.78, 5) is 11.2. The van der Waals surface area contributed by atoms with Gasteiger partial charge in [-0.3, -0.25) is 4.48 Å². The molecule has 0 saturated carbocycles. The lowest BCUT2D eigenvalue weighted by molar-refractivity contribution is -0.133. The van der Waals surface area contributed by atoms with E-state index in [1.165, 1.54) is 20.2 Å². The summed E-state index contributed by atoms with van der Waals surface area (Å²) < 4.78 is 63.0. The number of aliphatic carboxylic acids is 1. The molecule has 0 atom stereocenters. The number of rotatable bonds is 3. The first-order valence-electron chi connectivity index (χ1n) is 5.92. The third-order valence-corrected chi connectivity index (χ3v) is 4.66. The van der Waals surface area contributed by atoms with Gasteiger partial charge in [-0.2, -0.15) is 21.6 Å². The fourth-order valence-corrected chi connectivity index (χ4v) is 2.91. The van der Waals surface area contributed by atoms with E-state index in [1.54, 1.807) is 0 Å². The first-order valence-corrected chi connectivity index (χ1v) is 7.71. The van der Waals surface area contributed by atoms with Gasteiger partial charge in [-0.25, -0.2) is 4.79 Å². The van der Waals surface area contributed by atoms with Crippen molar-refractivity contribution < 1.29 is 35.7 Å². The van der Waals surface area contributed by atoms with E-state index in [0.29, 0.717) is 5.69 Å². The highest BCUT2D eigenvalue weighted by Gasteiger charge is 2.49. The molecule has 0 aliphatic carbocycles. The van der Waals surface area contributed by atoms with Crippen LogP contribution in [0.15, 0.2) is 17.8 Å². The Morgan fingerprint density at radius 2 is 1.87 bits per heavy atom. The van der Waals surface area contributed by atoms with Crippen molar-refractivity contribution in [2.24, 2.45) is 0 Å². The monoisotopic (exact) mass is 372 g/mol. The molecule has 2 rings (SSSR count). The van der Waals surface area contributed by atoms with Crippen LogP contribution in [0.1, 0.15) is 5.56 Å². The second-order valence-electron chi connectivity index (χ2n) is 5.08. The van der Waals surface area contributed by atoms with Crippen molar-refractivity contribution in [1.29, 1.82) is 0 Å². The summed E-state index contributed by atoms with van der Waals surface area (Å²) in [6.45, 7) is 0. The van der Waals surface area contributed by atoms with Gasteiger partial charge in [0.1, 0.15) is 5.69 Å². The molecular weight excluding hydrogens is 363 g/mol. The van der Waals surface area contributed by atoms with Crippen molar-refractivity contribution in [2.75, 3.05) is 14.1 Å². The highest BCUT2D eigenvalue weighted by molar-refractivity contribution is 7.88. The number of fused-ring (bicyclic) bond motifs is 1. The maximum Gasteiger partial charge on any atom is 0.534 e. The standard InChI is InChI=1S/C12H9ClF3NO5S/c1-17(2)7-3-4-9(22-23(20,21)12(14,15)16)10(13)6(7)5-8(17)11(18)19/h3-5H,1-2H3/p+1. The van der Waals surface area contributed by atoms with Crippen LogP contribution < -0.4 is 8.67 Å². The fourth-order valence-electron chi connectivity index (χ4n) is 2.15. The van der Waals surface area contributed by atoms with Gasteiger partial charge in [0.15, 0.2) is 5.75 Å². The molecule has 0 spiro atoms. The predicted octanol–water partition coefficient (Wildman–Crippen LogP) is 2.57. The third kappa shape index (κ3) is 2.77. The molecule has 126 valence electrons. The molecule has 1 aromatic rings. The molecule has 1 aromatic carbocycles. The average molecular weight is 373 g/mol. The molecule has 0 saturated heterocycles. The van der Waals surface area contributed by atoms with Gasteiger partial charge in [0.05, 0.1) is 24.7 Å². The molecule has 0 unspecified atom stereocenters. The smallest absolute Gasteiger partial charge is 0.474 e. The summed E-state index contributed by atoms with van der Waals surface area (Å²) in [7, 11) is -2.80. The van der Waals surface area contributed by atoms with Crippen molar-refractivity contribution in [2.45, 2.75) is 5.51 Å². The van der Waals surface area contributed by atoms with Crippen LogP contribution in [0.5, 0.6) is 5.75 Å². The van der Waals surface area contributed by atoms with Gasteiger partial charge in [-0.1, -0.05) is 11.6 Å². The van der Waals surface area contributed by atoms with E-state index in [2.05, 4.69) is 4.18 Å². The second-order valence-corrected chi connectivity index (χ2v) is 7.00. The third-order valence-electron chi connectivity index (χ3n) is 3.31. The van der Waals surface area contributed by atoms with Crippen LogP contribution in [0.25, 0.3) is 6.08 Å². The van der Waals surface area contributed by atoms with Crippen molar-refractivity contribution in [3.63, 3.8) is 0 Å². The molecule has 6 nitrogen and oxygen atoms in total. The van der Waals surface area contributed by atoms with Crippen LogP contribution in [0.2, 0.25) is 5.02 Å². The fraction of sp³-hybridized carbons (Fsp3) is 0.250. The van der Waals surface area contributed by atoms with E-state index < -0.39 is 32.4 Å². The van der Waals surface area contributed by atoms with Gasteiger partial charge < -0.3 is 9.29 Å². The van der Waals surface area contributed by atoms with E-state index in [0.717, 1.165) is 12.1 Å². The van der Waals surface area contributed by atoms with Gasteiger partial charge in [-0.05, 0) is 6.07 Å². The molecule has 1 aliphatic rings. The van der Waals surface area contributed by atoms with Gasteiger partial charge in [0, 0.05) is 12.1 Å². The summed E-state index contributed by atoms with van der Waals surface area (Å²) in [6.07, 6.45) is 1.16. The minimum Gasteiger partial charge on any atom is -0.474 e. The lowest BCUT2D eigenvalue weighted by Crippen LogP contribution is -2.40. The van der Waals surface area contributed by atoms with E-state index in [-0.39, 0.29) is 15.7 Å². The quantitative estimate of drug-likeness (QED) is 0.501. The number of hydrogen-bond donors (Lipinski definition) is 1. The number of carbonyl (C=O) groups is 1. The number of benzene rings is 1. The first-order chi connectivity index (χ1) is 10.3. The summed E-state index contributed by atoms with van der Waals surface area (Å²) in [6, 6.07) is 2.21. The Morgan fingerprint density at radius 3 is 2.35 bits per heavy atom. The number of hydrogen-bond acceptors (Lipinski definition) is 4. The number of carboxylic acids is 1. The molecular formula is C12H10ClF3NO5S+. The molecule has 0 amide bonds. The Kier molecular flexibility index (Phi) is 3.91. The van der Waals surface area contributed by atoms with Crippen LogP contribution in [0, 0.1) is 0 Å². The van der Waals surface area contributed by atoms with Crippen LogP contribution in [0.3, 0.4) is 0 Å². The largest absolute Gasteiger partial charge is 0.534 e. The number of quaternary nitrogens is 1. The van der Waals surface area contributed by atoms with Crippen molar-refractivity contribution in [3.05, 3.63) is 28.4 Å². The molecule has 1 aliphatic heterocycles. The number of nitrogens with zero attached hydrogens (tertiary/aromatic N) is 1. The Hall–Kier alpha value is -1.78. The normalized spacial score (nSPS) is 16.7. The zero-order valence-electron chi connectivity index (χ0n) is 11.7. The van der Waals surface area contributed by atoms with Gasteiger partial charge >= 0.3 is 21.6 Å². The van der Waals surface area contributed by atoms with Crippen LogP contribution in [-0.4, -0.2) is 39.1 Å². The van der Waals surface area contributed by atoms with E-state index in [1.807, 2.05) is 0 Å². The lowest BCUT2D eigenvalue weighted by Gasteiger charge is -2.25. The molecule has 1 N–H and O–H groups in total. The van der Waals surface area contributed by atoms with Crippen LogP contribution in [-0.2, 0) is 14.9 Å². The maximum atomic E-state index is 12.4. The summed E-state index contributed by atoms with van der Waals surface area (Å²) in [5, 5.41) is 8.75. The van der Waals surface area contributed by atoms with Crippen LogP contribution >= 0.6 is 11.6 Å². The number of likely N-dealkylation sites (N-methyl/N-ethyl adjacent to an activating group) is 1. The Bertz CT molecular complexity index is 830. The number of alkyl halides is 3. The molecule has 0 aromatic heterocycles. The SMILES string of the molecule is C[N+]1(C)C(C(=O)O)=Cc2c1ccc(OS(=O)(=O)C(F)(F)F)c2Cl. The molecule has 11 heteroatoms. The summed E-state index contributed by atoms with van der Waals surface area (Å²) >= 11 is 5.90. The molecule has 0 bridgehead atoms. The molecule has 23 heavy (non-hydrogen) atoms. The Morgan fingerprint density at radius 1 is 1.30 bits per heavy atom. The van der Waals surface area contributed by atoms with Crippen molar-refractivity contribution in [1.82, 2.24) is 4.48 Å². The van der Waals surface area contributed by atoms with E-state index >= 15 is 0 Å². The van der Waals surface area contributed by atoms with Crippen LogP contribution in [0.4, 0.5) is 18.9 Å². The van der Waals surface area contributed by atoms with Gasteiger partial charge in [0.25, 0.3) is 0 Å². The summed E-state index contributed by atoms with van der Waals surface area (Å²) in [5.74, 6) is -1.97. The van der Waals surface area contributed by atoms with Crippen molar-refractivity contribution >= 4 is 39.5 Å². The zero-order chi connectivity index (χ0) is 17.8. The molecule has 1 heterocycles. The number of carboxylic acid groups (broad SMARTS) is 1. The second kappa shape index (κ2) is 5.11. The predicted molar refractivity (Wildman–Crippen MR) is 76.3 cm³/mol. The highest BCUT2D eigenvalue weighted by Crippen LogP contribution is 2.45. The highest BCUT2D eigenvalue weighted by atomic mass is 35.5. The van der Waals surface area contributed by atoms with E-state index in [9.17, 15) is 31.5 Å².